The fourth-order valence-electron chi connectivity index (χ4n) is 2.33. The summed E-state index contributed by atoms with van der Waals surface area (Å²) in [4.78, 5) is 2.23. The minimum Gasteiger partial charge on any atom is -0.389 e. The topological polar surface area (TPSA) is 32.7 Å². The van der Waals surface area contributed by atoms with Crippen molar-refractivity contribution in [2.24, 2.45) is 0 Å². The van der Waals surface area contributed by atoms with Crippen molar-refractivity contribution in [1.82, 2.24) is 4.90 Å². The minimum atomic E-state index is -0.425. The summed E-state index contributed by atoms with van der Waals surface area (Å²) >= 11 is 0. The Morgan fingerprint density at radius 1 is 1.31 bits per heavy atom. The van der Waals surface area contributed by atoms with Crippen LogP contribution in [0.25, 0.3) is 0 Å². The van der Waals surface area contributed by atoms with Gasteiger partial charge < -0.3 is 14.7 Å². The molecule has 0 radical (unpaired) electrons. The van der Waals surface area contributed by atoms with Crippen molar-refractivity contribution in [1.29, 1.82) is 0 Å². The van der Waals surface area contributed by atoms with Crippen molar-refractivity contribution in [2.75, 3.05) is 27.2 Å². The molecule has 0 aromatic rings. The summed E-state index contributed by atoms with van der Waals surface area (Å²) in [6.45, 7) is 5.98. The summed E-state index contributed by atoms with van der Waals surface area (Å²) in [5.74, 6) is 0. The second-order valence-electron chi connectivity index (χ2n) is 5.88. The lowest BCUT2D eigenvalue weighted by Crippen LogP contribution is -2.41. The van der Waals surface area contributed by atoms with Gasteiger partial charge in [-0.1, -0.05) is 12.8 Å². The maximum atomic E-state index is 10.3. The first-order valence-electron chi connectivity index (χ1n) is 6.33. The Morgan fingerprint density at radius 2 is 1.88 bits per heavy atom. The van der Waals surface area contributed by atoms with Gasteiger partial charge in [-0.25, -0.2) is 0 Å². The van der Waals surface area contributed by atoms with Gasteiger partial charge in [-0.15, -0.1) is 0 Å². The molecule has 0 aromatic carbocycles. The number of likely N-dealkylation sites (N-methyl/N-ethyl adjacent to an activating group) is 1. The van der Waals surface area contributed by atoms with E-state index in [4.69, 9.17) is 4.74 Å². The molecular weight excluding hydrogens is 202 g/mol. The average molecular weight is 229 g/mol. The van der Waals surface area contributed by atoms with Gasteiger partial charge in [0.2, 0.25) is 0 Å². The molecule has 96 valence electrons. The molecule has 1 saturated carbocycles. The summed E-state index contributed by atoms with van der Waals surface area (Å²) in [7, 11) is 3.84. The summed E-state index contributed by atoms with van der Waals surface area (Å²) in [6.07, 6.45) is 5.27. The lowest BCUT2D eigenvalue weighted by Gasteiger charge is -2.31. The SMILES string of the molecule is COC(C)(C)CCN(C)CC1(O)CCCC1. The van der Waals surface area contributed by atoms with Gasteiger partial charge in [0.05, 0.1) is 11.2 Å². The highest BCUT2D eigenvalue weighted by atomic mass is 16.5. The quantitative estimate of drug-likeness (QED) is 0.756. The summed E-state index contributed by atoms with van der Waals surface area (Å²) in [5.41, 5.74) is -0.488. The van der Waals surface area contributed by atoms with Crippen LogP contribution in [0, 0.1) is 0 Å². The molecule has 0 heterocycles. The Balaban J connectivity index is 2.27. The van der Waals surface area contributed by atoms with Crippen LogP contribution in [-0.2, 0) is 4.74 Å². The number of nitrogens with zero attached hydrogens (tertiary/aromatic N) is 1. The van der Waals surface area contributed by atoms with Crippen molar-refractivity contribution in [3.05, 3.63) is 0 Å². The number of ether oxygens (including phenoxy) is 1. The predicted octanol–water partition coefficient (Wildman–Crippen LogP) is 2.04. The minimum absolute atomic E-state index is 0.0629. The molecule has 0 aliphatic heterocycles. The van der Waals surface area contributed by atoms with Crippen molar-refractivity contribution in [3.8, 4) is 0 Å². The van der Waals surface area contributed by atoms with Crippen LogP contribution in [-0.4, -0.2) is 48.5 Å². The highest BCUT2D eigenvalue weighted by Gasteiger charge is 2.32. The maximum absolute atomic E-state index is 10.3. The molecule has 1 fully saturated rings. The molecule has 1 aliphatic carbocycles. The van der Waals surface area contributed by atoms with E-state index in [9.17, 15) is 5.11 Å². The smallest absolute Gasteiger partial charge is 0.0774 e. The Hall–Kier alpha value is -0.120. The fraction of sp³-hybridized carbons (Fsp3) is 1.00. The highest BCUT2D eigenvalue weighted by Crippen LogP contribution is 2.30. The summed E-state index contributed by atoms with van der Waals surface area (Å²) < 4.78 is 5.39. The molecule has 3 heteroatoms. The van der Waals surface area contributed by atoms with Gasteiger partial charge in [-0.05, 0) is 40.2 Å². The fourth-order valence-corrected chi connectivity index (χ4v) is 2.33. The monoisotopic (exact) mass is 229 g/mol. The summed E-state index contributed by atoms with van der Waals surface area (Å²) in [5, 5.41) is 10.3. The molecule has 0 aromatic heterocycles. The first-order chi connectivity index (χ1) is 7.37. The van der Waals surface area contributed by atoms with Crippen molar-refractivity contribution in [2.45, 2.75) is 57.2 Å². The molecule has 1 aliphatic rings. The van der Waals surface area contributed by atoms with Crippen LogP contribution in [0.15, 0.2) is 0 Å². The van der Waals surface area contributed by atoms with E-state index in [1.807, 2.05) is 0 Å². The number of hydrogen-bond donors (Lipinski definition) is 1. The molecule has 0 atom stereocenters. The standard InChI is InChI=1S/C13H27NO2/c1-12(2,16-4)9-10-14(3)11-13(15)7-5-6-8-13/h15H,5-11H2,1-4H3. The van der Waals surface area contributed by atoms with Crippen LogP contribution >= 0.6 is 0 Å². The summed E-state index contributed by atoms with van der Waals surface area (Å²) in [6, 6.07) is 0. The van der Waals surface area contributed by atoms with Gasteiger partial charge in [0, 0.05) is 20.2 Å². The van der Waals surface area contributed by atoms with E-state index >= 15 is 0 Å². The van der Waals surface area contributed by atoms with Crippen LogP contribution < -0.4 is 0 Å². The lowest BCUT2D eigenvalue weighted by atomic mass is 10.0. The van der Waals surface area contributed by atoms with E-state index < -0.39 is 5.60 Å². The van der Waals surface area contributed by atoms with Gasteiger partial charge >= 0.3 is 0 Å². The Bertz CT molecular complexity index is 210. The van der Waals surface area contributed by atoms with Crippen LogP contribution in [0.4, 0.5) is 0 Å². The number of methoxy groups -OCH3 is 1. The van der Waals surface area contributed by atoms with E-state index in [-0.39, 0.29) is 5.60 Å². The Kier molecular flexibility index (Phi) is 4.77. The lowest BCUT2D eigenvalue weighted by molar-refractivity contribution is -0.00946. The Morgan fingerprint density at radius 3 is 2.38 bits per heavy atom. The van der Waals surface area contributed by atoms with E-state index in [1.54, 1.807) is 7.11 Å². The molecule has 16 heavy (non-hydrogen) atoms. The molecular formula is C13H27NO2. The van der Waals surface area contributed by atoms with Crippen LogP contribution in [0.5, 0.6) is 0 Å². The second-order valence-corrected chi connectivity index (χ2v) is 5.88. The number of hydrogen-bond acceptors (Lipinski definition) is 3. The zero-order valence-electron chi connectivity index (χ0n) is 11.3. The van der Waals surface area contributed by atoms with Crippen molar-refractivity contribution < 1.29 is 9.84 Å². The van der Waals surface area contributed by atoms with E-state index in [0.29, 0.717) is 0 Å². The van der Waals surface area contributed by atoms with Crippen molar-refractivity contribution in [3.63, 3.8) is 0 Å². The molecule has 0 unspecified atom stereocenters. The zero-order chi connectivity index (χ0) is 12.2. The van der Waals surface area contributed by atoms with Gasteiger partial charge in [0.15, 0.2) is 0 Å². The largest absolute Gasteiger partial charge is 0.389 e. The molecule has 3 nitrogen and oxygen atoms in total. The van der Waals surface area contributed by atoms with Gasteiger partial charge in [-0.3, -0.25) is 0 Å². The van der Waals surface area contributed by atoms with Crippen LogP contribution in [0.3, 0.4) is 0 Å². The normalized spacial score (nSPS) is 20.6. The van der Waals surface area contributed by atoms with Crippen LogP contribution in [0.1, 0.15) is 46.0 Å². The third-order valence-electron chi connectivity index (χ3n) is 3.75. The maximum Gasteiger partial charge on any atom is 0.0774 e. The first kappa shape index (κ1) is 13.9. The molecule has 0 spiro atoms. The van der Waals surface area contributed by atoms with Gasteiger partial charge in [0.1, 0.15) is 0 Å². The van der Waals surface area contributed by atoms with E-state index in [1.165, 1.54) is 12.8 Å². The average Bonchev–Trinajstić information content (AvgIpc) is 2.62. The van der Waals surface area contributed by atoms with E-state index in [2.05, 4.69) is 25.8 Å². The number of aliphatic hydroxyl groups is 1. The first-order valence-corrected chi connectivity index (χ1v) is 6.33. The number of rotatable bonds is 6. The van der Waals surface area contributed by atoms with Crippen molar-refractivity contribution >= 4 is 0 Å². The molecule has 1 rings (SSSR count). The van der Waals surface area contributed by atoms with Gasteiger partial charge in [0.25, 0.3) is 0 Å². The highest BCUT2D eigenvalue weighted by molar-refractivity contribution is 4.87. The van der Waals surface area contributed by atoms with E-state index in [0.717, 1.165) is 32.4 Å². The third kappa shape index (κ3) is 4.40. The second kappa shape index (κ2) is 5.48. The van der Waals surface area contributed by atoms with Crippen LogP contribution in [0.2, 0.25) is 0 Å². The molecule has 0 saturated heterocycles. The molecule has 1 N–H and O–H groups in total. The third-order valence-corrected chi connectivity index (χ3v) is 3.75. The molecule has 0 bridgehead atoms. The molecule has 0 amide bonds. The predicted molar refractivity (Wildman–Crippen MR) is 66.6 cm³/mol. The zero-order valence-corrected chi connectivity index (χ0v) is 11.3. The van der Waals surface area contributed by atoms with Gasteiger partial charge in [-0.2, -0.15) is 0 Å². The Labute approximate surface area is 99.8 Å².